The summed E-state index contributed by atoms with van der Waals surface area (Å²) in [4.78, 5) is 16.8. The molecule has 2 heterocycles. The molecule has 0 spiro atoms. The number of hydrogen-bond acceptors (Lipinski definition) is 5. The first-order valence-electron chi connectivity index (χ1n) is 10.7. The molecule has 2 atom stereocenters. The van der Waals surface area contributed by atoms with E-state index in [2.05, 4.69) is 17.0 Å². The van der Waals surface area contributed by atoms with Crippen LogP contribution in [0.2, 0.25) is 0 Å². The lowest BCUT2D eigenvalue weighted by Gasteiger charge is -2.36. The first-order valence-corrected chi connectivity index (χ1v) is 10.7. The maximum Gasteiger partial charge on any atom is 0.260 e. The Morgan fingerprint density at radius 1 is 1.07 bits per heavy atom. The van der Waals surface area contributed by atoms with Crippen LogP contribution in [0.15, 0.2) is 18.2 Å². The van der Waals surface area contributed by atoms with Crippen molar-refractivity contribution in [1.82, 2.24) is 9.80 Å². The van der Waals surface area contributed by atoms with Crippen molar-refractivity contribution in [2.24, 2.45) is 0 Å². The maximum absolute atomic E-state index is 12.7. The normalized spacial score (nSPS) is 26.4. The number of hydrogen-bond donors (Lipinski definition) is 1. The van der Waals surface area contributed by atoms with Crippen molar-refractivity contribution >= 4 is 5.91 Å². The Morgan fingerprint density at radius 3 is 2.64 bits per heavy atom. The van der Waals surface area contributed by atoms with E-state index in [-0.39, 0.29) is 18.6 Å². The number of amides is 1. The molecule has 154 valence electrons. The van der Waals surface area contributed by atoms with E-state index in [1.807, 2.05) is 11.0 Å². The molecule has 1 amide bonds. The largest absolute Gasteiger partial charge is 0.484 e. The molecule has 6 nitrogen and oxygen atoms in total. The van der Waals surface area contributed by atoms with Crippen LogP contribution in [-0.2, 0) is 22.4 Å². The fraction of sp³-hybridized carbons (Fsp3) is 0.682. The minimum Gasteiger partial charge on any atom is -0.484 e. The molecule has 1 aromatic rings. The number of aliphatic hydroxyl groups excluding tert-OH is 1. The smallest absolute Gasteiger partial charge is 0.260 e. The van der Waals surface area contributed by atoms with Crippen LogP contribution in [0.3, 0.4) is 0 Å². The van der Waals surface area contributed by atoms with Gasteiger partial charge in [0.05, 0.1) is 19.3 Å². The van der Waals surface area contributed by atoms with Gasteiger partial charge in [-0.3, -0.25) is 9.69 Å². The highest BCUT2D eigenvalue weighted by molar-refractivity contribution is 5.77. The quantitative estimate of drug-likeness (QED) is 0.850. The van der Waals surface area contributed by atoms with Crippen molar-refractivity contribution in [3.05, 3.63) is 29.3 Å². The molecule has 1 N–H and O–H groups in total. The Bertz CT molecular complexity index is 675. The third-order valence-corrected chi connectivity index (χ3v) is 6.38. The fourth-order valence-electron chi connectivity index (χ4n) is 4.69. The Kier molecular flexibility index (Phi) is 6.50. The van der Waals surface area contributed by atoms with Gasteiger partial charge in [-0.2, -0.15) is 0 Å². The molecule has 2 fully saturated rings. The molecular weight excluding hydrogens is 356 g/mol. The highest BCUT2D eigenvalue weighted by atomic mass is 16.5. The number of carbonyl (C=O) groups excluding carboxylic acids is 1. The fourth-order valence-corrected chi connectivity index (χ4v) is 4.69. The molecule has 0 radical (unpaired) electrons. The summed E-state index contributed by atoms with van der Waals surface area (Å²) in [6.45, 7) is 4.49. The van der Waals surface area contributed by atoms with E-state index in [0.29, 0.717) is 19.5 Å². The average molecular weight is 389 g/mol. The molecule has 3 aliphatic rings. The Morgan fingerprint density at radius 2 is 1.82 bits per heavy atom. The first kappa shape index (κ1) is 19.7. The predicted octanol–water partition coefficient (Wildman–Crippen LogP) is 1.63. The maximum atomic E-state index is 12.7. The zero-order chi connectivity index (χ0) is 19.3. The number of nitrogens with zero attached hydrogens (tertiary/aromatic N) is 2. The van der Waals surface area contributed by atoms with E-state index in [0.717, 1.165) is 51.3 Å². The number of fused-ring (bicyclic) bond motifs is 1. The average Bonchev–Trinajstić information content (AvgIpc) is 2.94. The van der Waals surface area contributed by atoms with Crippen LogP contribution in [0.25, 0.3) is 0 Å². The van der Waals surface area contributed by atoms with Gasteiger partial charge in [0.25, 0.3) is 5.91 Å². The lowest BCUT2D eigenvalue weighted by molar-refractivity contribution is -0.133. The molecule has 2 saturated heterocycles. The van der Waals surface area contributed by atoms with Crippen LogP contribution in [-0.4, -0.2) is 79.0 Å². The second-order valence-corrected chi connectivity index (χ2v) is 8.17. The van der Waals surface area contributed by atoms with E-state index in [1.54, 1.807) is 0 Å². The van der Waals surface area contributed by atoms with Gasteiger partial charge in [-0.05, 0) is 61.8 Å². The van der Waals surface area contributed by atoms with Crippen LogP contribution in [0.5, 0.6) is 5.75 Å². The lowest BCUT2D eigenvalue weighted by atomic mass is 9.92. The second-order valence-electron chi connectivity index (χ2n) is 8.17. The molecule has 28 heavy (non-hydrogen) atoms. The molecule has 2 aliphatic heterocycles. The van der Waals surface area contributed by atoms with Crippen LogP contribution < -0.4 is 4.74 Å². The van der Waals surface area contributed by atoms with Crippen LogP contribution in [0.4, 0.5) is 0 Å². The second kappa shape index (κ2) is 9.25. The molecule has 0 unspecified atom stereocenters. The zero-order valence-electron chi connectivity index (χ0n) is 16.6. The predicted molar refractivity (Wildman–Crippen MR) is 107 cm³/mol. The summed E-state index contributed by atoms with van der Waals surface area (Å²) < 4.78 is 11.2. The number of aliphatic hydroxyl groups is 1. The standard InChI is InChI=1S/C22H32N2O4/c25-21-8-10-24(9-7-20(21)23-11-13-27-14-12-23)22(26)16-28-19-6-5-17-3-1-2-4-18(17)15-19/h5-6,15,20-21,25H,1-4,7-14,16H2/t20-,21-/m0/s1. The number of carbonyl (C=O) groups is 1. The topological polar surface area (TPSA) is 62.2 Å². The number of ether oxygens (including phenoxy) is 2. The van der Waals surface area contributed by atoms with Gasteiger partial charge in [-0.25, -0.2) is 0 Å². The molecule has 0 saturated carbocycles. The van der Waals surface area contributed by atoms with Gasteiger partial charge < -0.3 is 19.5 Å². The van der Waals surface area contributed by atoms with Gasteiger partial charge in [0, 0.05) is 32.2 Å². The van der Waals surface area contributed by atoms with Gasteiger partial charge in [0.1, 0.15) is 5.75 Å². The molecule has 6 heteroatoms. The number of morpholine rings is 1. The molecule has 0 aromatic heterocycles. The van der Waals surface area contributed by atoms with E-state index >= 15 is 0 Å². The Balaban J connectivity index is 1.30. The van der Waals surface area contributed by atoms with Crippen molar-refractivity contribution in [1.29, 1.82) is 0 Å². The Hall–Kier alpha value is -1.63. The first-order chi connectivity index (χ1) is 13.7. The van der Waals surface area contributed by atoms with Crippen LogP contribution >= 0.6 is 0 Å². The van der Waals surface area contributed by atoms with Gasteiger partial charge in [0.15, 0.2) is 6.61 Å². The van der Waals surface area contributed by atoms with Gasteiger partial charge in [-0.1, -0.05) is 6.07 Å². The van der Waals surface area contributed by atoms with Gasteiger partial charge >= 0.3 is 0 Å². The molecule has 0 bridgehead atoms. The van der Waals surface area contributed by atoms with Crippen molar-refractivity contribution in [3.8, 4) is 5.75 Å². The van der Waals surface area contributed by atoms with Crippen LogP contribution in [0.1, 0.15) is 36.8 Å². The Labute approximate surface area is 167 Å². The van der Waals surface area contributed by atoms with E-state index < -0.39 is 6.10 Å². The molecule has 1 aromatic carbocycles. The van der Waals surface area contributed by atoms with Gasteiger partial charge in [-0.15, -0.1) is 0 Å². The summed E-state index contributed by atoms with van der Waals surface area (Å²) in [5.41, 5.74) is 2.78. The van der Waals surface area contributed by atoms with E-state index in [1.165, 1.54) is 24.0 Å². The van der Waals surface area contributed by atoms with Crippen molar-refractivity contribution < 1.29 is 19.4 Å². The van der Waals surface area contributed by atoms with Crippen molar-refractivity contribution in [3.63, 3.8) is 0 Å². The summed E-state index contributed by atoms with van der Waals surface area (Å²) in [5, 5.41) is 10.6. The van der Waals surface area contributed by atoms with Crippen LogP contribution in [0, 0.1) is 0 Å². The monoisotopic (exact) mass is 388 g/mol. The SMILES string of the molecule is O=C(COc1ccc2c(c1)CCCC2)N1CC[C@H](O)[C@@H](N2CCOCC2)CC1. The number of rotatable bonds is 4. The van der Waals surface area contributed by atoms with Crippen molar-refractivity contribution in [2.75, 3.05) is 46.0 Å². The van der Waals surface area contributed by atoms with Crippen molar-refractivity contribution in [2.45, 2.75) is 50.7 Å². The number of likely N-dealkylation sites (tertiary alicyclic amines) is 1. The molecule has 1 aliphatic carbocycles. The zero-order valence-corrected chi connectivity index (χ0v) is 16.6. The van der Waals surface area contributed by atoms with E-state index in [9.17, 15) is 9.90 Å². The minimum absolute atomic E-state index is 0.00699. The summed E-state index contributed by atoms with van der Waals surface area (Å²) in [6, 6.07) is 6.34. The summed E-state index contributed by atoms with van der Waals surface area (Å²) in [6.07, 6.45) is 5.77. The molecule has 4 rings (SSSR count). The lowest BCUT2D eigenvalue weighted by Crippen LogP contribution is -2.49. The minimum atomic E-state index is -0.391. The van der Waals surface area contributed by atoms with Gasteiger partial charge in [0.2, 0.25) is 0 Å². The molecular formula is C22H32N2O4. The number of aryl methyl sites for hydroxylation is 2. The highest BCUT2D eigenvalue weighted by Crippen LogP contribution is 2.25. The highest BCUT2D eigenvalue weighted by Gasteiger charge is 2.31. The van der Waals surface area contributed by atoms with E-state index in [4.69, 9.17) is 9.47 Å². The number of benzene rings is 1. The third kappa shape index (κ3) is 4.67. The summed E-state index contributed by atoms with van der Waals surface area (Å²) in [5.74, 6) is 0.794. The summed E-state index contributed by atoms with van der Waals surface area (Å²) >= 11 is 0. The summed E-state index contributed by atoms with van der Waals surface area (Å²) in [7, 11) is 0. The third-order valence-electron chi connectivity index (χ3n) is 6.38.